The molecule has 0 bridgehead atoms. The van der Waals surface area contributed by atoms with Crippen molar-refractivity contribution in [2.24, 2.45) is 11.3 Å². The lowest BCUT2D eigenvalue weighted by atomic mass is 9.75. The van der Waals surface area contributed by atoms with Crippen molar-refractivity contribution in [2.75, 3.05) is 0 Å². The predicted molar refractivity (Wildman–Crippen MR) is 141 cm³/mol. The highest BCUT2D eigenvalue weighted by Gasteiger charge is 2.38. The van der Waals surface area contributed by atoms with Gasteiger partial charge in [0.25, 0.3) is 0 Å². The van der Waals surface area contributed by atoms with Crippen molar-refractivity contribution in [3.63, 3.8) is 0 Å². The summed E-state index contributed by atoms with van der Waals surface area (Å²) >= 11 is 0. The van der Waals surface area contributed by atoms with E-state index in [2.05, 4.69) is 13.8 Å². The van der Waals surface area contributed by atoms with Gasteiger partial charge in [0.2, 0.25) is 0 Å². The van der Waals surface area contributed by atoms with Gasteiger partial charge in [0, 0.05) is 11.5 Å². The summed E-state index contributed by atoms with van der Waals surface area (Å²) in [4.78, 5) is 11.4. The third kappa shape index (κ3) is 5.45. The van der Waals surface area contributed by atoms with Gasteiger partial charge >= 0.3 is 5.97 Å². The van der Waals surface area contributed by atoms with Gasteiger partial charge in [0.1, 0.15) is 18.2 Å². The molecule has 0 unspecified atom stereocenters. The molecule has 2 aliphatic carbocycles. The second-order valence-electron chi connectivity index (χ2n) is 11.5. The molecule has 0 radical (unpaired) electrons. The molecular weight excluding hydrogens is 489 g/mol. The lowest BCUT2D eigenvalue weighted by Crippen LogP contribution is -2.17. The number of benzene rings is 3. The first kappa shape index (κ1) is 26.3. The maximum absolute atomic E-state index is 15.5. The van der Waals surface area contributed by atoms with Crippen molar-refractivity contribution >= 4 is 5.97 Å². The van der Waals surface area contributed by atoms with Crippen molar-refractivity contribution in [2.45, 2.75) is 70.8 Å². The van der Waals surface area contributed by atoms with E-state index in [1.54, 1.807) is 18.2 Å². The topological polar surface area (TPSA) is 46.5 Å². The lowest BCUT2D eigenvalue weighted by Gasteiger charge is -2.30. The molecule has 5 rings (SSSR count). The van der Waals surface area contributed by atoms with E-state index in [1.807, 2.05) is 18.2 Å². The summed E-state index contributed by atoms with van der Waals surface area (Å²) in [6, 6.07) is 14.0. The summed E-state index contributed by atoms with van der Waals surface area (Å²) in [5, 5.41) is 9.33. The predicted octanol–water partition coefficient (Wildman–Crippen LogP) is 8.61. The van der Waals surface area contributed by atoms with Gasteiger partial charge in [-0.25, -0.2) is 13.2 Å². The van der Waals surface area contributed by atoms with E-state index in [0.29, 0.717) is 11.1 Å². The Morgan fingerprint density at radius 3 is 2.50 bits per heavy atom. The zero-order valence-electron chi connectivity index (χ0n) is 21.8. The second kappa shape index (κ2) is 10.5. The Bertz CT molecular complexity index is 1350. The Balaban J connectivity index is 1.45. The van der Waals surface area contributed by atoms with Crippen LogP contribution in [0.4, 0.5) is 13.2 Å². The normalized spacial score (nSPS) is 19.3. The Morgan fingerprint density at radius 1 is 1.03 bits per heavy atom. The Kier molecular flexibility index (Phi) is 7.26. The Morgan fingerprint density at radius 2 is 1.82 bits per heavy atom. The number of halogens is 3. The number of ether oxygens (including phenoxy) is 1. The van der Waals surface area contributed by atoms with E-state index in [9.17, 15) is 18.7 Å². The highest BCUT2D eigenvalue weighted by molar-refractivity contribution is 5.70. The highest BCUT2D eigenvalue weighted by atomic mass is 19.1. The van der Waals surface area contributed by atoms with E-state index in [4.69, 9.17) is 4.74 Å². The van der Waals surface area contributed by atoms with Crippen molar-refractivity contribution in [1.82, 2.24) is 0 Å². The minimum Gasteiger partial charge on any atom is -0.486 e. The van der Waals surface area contributed by atoms with Gasteiger partial charge in [-0.05, 0) is 89.5 Å². The number of aliphatic carboxylic acids is 1. The fourth-order valence-corrected chi connectivity index (χ4v) is 6.15. The summed E-state index contributed by atoms with van der Waals surface area (Å²) < 4.78 is 50.3. The first-order chi connectivity index (χ1) is 18.1. The SMILES string of the molecule is CC1(C)CCC[C@H]1c1cc(COc2cccc([C@H](CC(=O)O)C3CC3)c2F)ccc1-c1cc(F)ccc1F. The molecule has 0 heterocycles. The number of hydrogen-bond acceptors (Lipinski definition) is 2. The summed E-state index contributed by atoms with van der Waals surface area (Å²) in [5.74, 6) is -2.36. The lowest BCUT2D eigenvalue weighted by molar-refractivity contribution is -0.137. The largest absolute Gasteiger partial charge is 0.486 e. The standard InChI is InChI=1S/C32H33F3O3/c1-32(2)14-4-6-27(32)25-15-19(8-12-22(25)26-16-21(33)11-13-28(26)34)18-38-29-7-3-5-23(31(29)35)24(17-30(36)37)20-9-10-20/h3,5,7-8,11-13,15-16,20,24,27H,4,6,9-10,14,17-18H2,1-2H3,(H,36,37)/t24-,27+/m1/s1. The van der Waals surface area contributed by atoms with Crippen LogP contribution in [-0.2, 0) is 11.4 Å². The van der Waals surface area contributed by atoms with Crippen molar-refractivity contribution in [1.29, 1.82) is 0 Å². The van der Waals surface area contributed by atoms with Gasteiger partial charge in [0.15, 0.2) is 11.6 Å². The van der Waals surface area contributed by atoms with Gasteiger partial charge in [-0.1, -0.05) is 50.6 Å². The monoisotopic (exact) mass is 522 g/mol. The van der Waals surface area contributed by atoms with Gasteiger partial charge in [-0.2, -0.15) is 0 Å². The average molecular weight is 523 g/mol. The van der Waals surface area contributed by atoms with E-state index in [1.165, 1.54) is 6.07 Å². The minimum atomic E-state index is -0.940. The van der Waals surface area contributed by atoms with E-state index in [-0.39, 0.29) is 47.5 Å². The van der Waals surface area contributed by atoms with Crippen LogP contribution in [0.2, 0.25) is 0 Å². The van der Waals surface area contributed by atoms with Crippen LogP contribution in [-0.4, -0.2) is 11.1 Å². The second-order valence-corrected chi connectivity index (χ2v) is 11.5. The molecule has 0 amide bonds. The number of carbonyl (C=O) groups is 1. The molecule has 0 saturated heterocycles. The number of carboxylic acids is 1. The van der Waals surface area contributed by atoms with E-state index < -0.39 is 23.4 Å². The van der Waals surface area contributed by atoms with Crippen LogP contribution in [0.25, 0.3) is 11.1 Å². The summed E-state index contributed by atoms with van der Waals surface area (Å²) in [6.07, 6.45) is 4.75. The molecule has 2 fully saturated rings. The van der Waals surface area contributed by atoms with Gasteiger partial charge in [-0.3, -0.25) is 4.79 Å². The van der Waals surface area contributed by atoms with Crippen LogP contribution < -0.4 is 4.74 Å². The molecule has 2 saturated carbocycles. The van der Waals surface area contributed by atoms with Crippen LogP contribution in [0.3, 0.4) is 0 Å². The van der Waals surface area contributed by atoms with Crippen molar-refractivity contribution < 1.29 is 27.8 Å². The summed E-state index contributed by atoms with van der Waals surface area (Å²) in [5.41, 5.74) is 3.04. The van der Waals surface area contributed by atoms with Gasteiger partial charge < -0.3 is 9.84 Å². The van der Waals surface area contributed by atoms with E-state index in [0.717, 1.165) is 55.4 Å². The zero-order chi connectivity index (χ0) is 27.0. The number of carboxylic acid groups (broad SMARTS) is 1. The molecule has 1 N–H and O–H groups in total. The maximum Gasteiger partial charge on any atom is 0.303 e. The minimum absolute atomic E-state index is 0.000431. The molecule has 0 aliphatic heterocycles. The summed E-state index contributed by atoms with van der Waals surface area (Å²) in [6.45, 7) is 4.50. The molecular formula is C32H33F3O3. The molecule has 6 heteroatoms. The first-order valence-corrected chi connectivity index (χ1v) is 13.4. The molecule has 2 atom stereocenters. The summed E-state index contributed by atoms with van der Waals surface area (Å²) in [7, 11) is 0. The van der Waals surface area contributed by atoms with Crippen molar-refractivity contribution in [3.05, 3.63) is 88.7 Å². The zero-order valence-corrected chi connectivity index (χ0v) is 21.8. The number of hydrogen-bond donors (Lipinski definition) is 1. The van der Waals surface area contributed by atoms with Crippen LogP contribution in [0.15, 0.2) is 54.6 Å². The van der Waals surface area contributed by atoms with E-state index >= 15 is 4.39 Å². The molecule has 2 aliphatic rings. The maximum atomic E-state index is 15.5. The van der Waals surface area contributed by atoms with Crippen molar-refractivity contribution in [3.8, 4) is 16.9 Å². The molecule has 0 aromatic heterocycles. The Labute approximate surface area is 221 Å². The van der Waals surface area contributed by atoms with Crippen LogP contribution in [0.5, 0.6) is 5.75 Å². The third-order valence-corrected chi connectivity index (χ3v) is 8.34. The van der Waals surface area contributed by atoms with Crippen LogP contribution in [0, 0.1) is 28.8 Å². The molecule has 0 spiro atoms. The number of rotatable bonds is 9. The van der Waals surface area contributed by atoms with Gasteiger partial charge in [0.05, 0.1) is 6.42 Å². The van der Waals surface area contributed by atoms with Crippen LogP contribution in [0.1, 0.15) is 80.9 Å². The fraction of sp³-hybridized carbons (Fsp3) is 0.406. The quantitative estimate of drug-likeness (QED) is 0.306. The average Bonchev–Trinajstić information content (AvgIpc) is 3.65. The molecule has 200 valence electrons. The molecule has 3 nitrogen and oxygen atoms in total. The van der Waals surface area contributed by atoms with Crippen LogP contribution >= 0.6 is 0 Å². The first-order valence-electron chi connectivity index (χ1n) is 13.4. The molecule has 3 aromatic rings. The molecule has 38 heavy (non-hydrogen) atoms. The third-order valence-electron chi connectivity index (χ3n) is 8.34. The molecule has 3 aromatic carbocycles. The highest BCUT2D eigenvalue weighted by Crippen LogP contribution is 2.51. The smallest absolute Gasteiger partial charge is 0.303 e. The fourth-order valence-electron chi connectivity index (χ4n) is 6.15. The Hall–Kier alpha value is -3.28. The van der Waals surface area contributed by atoms with Gasteiger partial charge in [-0.15, -0.1) is 0 Å².